The average molecular weight is 363 g/mol. The number of aromatic nitrogens is 1. The fourth-order valence-corrected chi connectivity index (χ4v) is 3.91. The predicted molar refractivity (Wildman–Crippen MR) is 89.6 cm³/mol. The molecule has 1 aromatic carbocycles. The Hall–Kier alpha value is -2.48. The highest BCUT2D eigenvalue weighted by atomic mass is 19.1. The summed E-state index contributed by atoms with van der Waals surface area (Å²) >= 11 is 0. The topological polar surface area (TPSA) is 65.6 Å². The third kappa shape index (κ3) is 2.65. The number of benzene rings is 1. The van der Waals surface area contributed by atoms with Crippen molar-refractivity contribution in [1.29, 1.82) is 0 Å². The summed E-state index contributed by atoms with van der Waals surface area (Å²) in [4.78, 5) is 30.7. The molecule has 3 amide bonds. The van der Waals surface area contributed by atoms with Crippen molar-refractivity contribution in [3.8, 4) is 0 Å². The van der Waals surface area contributed by atoms with E-state index in [1.54, 1.807) is 11.1 Å². The number of aromatic amines is 1. The number of halogens is 2. The lowest BCUT2D eigenvalue weighted by atomic mass is 10.1. The molecule has 0 unspecified atom stereocenters. The van der Waals surface area contributed by atoms with Gasteiger partial charge in [-0.3, -0.25) is 9.69 Å². The number of hydrogen-bond donors (Lipinski definition) is 1. The number of nitrogens with one attached hydrogen (secondary N) is 1. The van der Waals surface area contributed by atoms with Gasteiger partial charge in [0.15, 0.2) is 0 Å². The maximum absolute atomic E-state index is 14.1. The van der Waals surface area contributed by atoms with Crippen LogP contribution < -0.4 is 0 Å². The van der Waals surface area contributed by atoms with Crippen molar-refractivity contribution in [2.24, 2.45) is 0 Å². The SMILES string of the molecule is CCO[C@@H]1C[C@H]2C(=O)N(CCc3c[nH]c4cc(F)cc(F)c34)C(=O)N2C1. The fraction of sp³-hybridized carbons (Fsp3) is 0.444. The van der Waals surface area contributed by atoms with Crippen LogP contribution in [0.25, 0.3) is 10.9 Å². The second-order valence-corrected chi connectivity index (χ2v) is 6.63. The van der Waals surface area contributed by atoms with Crippen LogP contribution in [0.15, 0.2) is 18.3 Å². The number of carbonyl (C=O) groups is 2. The van der Waals surface area contributed by atoms with Crippen molar-refractivity contribution < 1.29 is 23.1 Å². The number of ether oxygens (including phenoxy) is 1. The first-order valence-electron chi connectivity index (χ1n) is 8.68. The van der Waals surface area contributed by atoms with Gasteiger partial charge < -0.3 is 14.6 Å². The van der Waals surface area contributed by atoms with Crippen molar-refractivity contribution in [2.75, 3.05) is 19.7 Å². The molecular formula is C18H19F2N3O3. The maximum atomic E-state index is 14.1. The van der Waals surface area contributed by atoms with Crippen molar-refractivity contribution in [1.82, 2.24) is 14.8 Å². The molecule has 2 aliphatic rings. The van der Waals surface area contributed by atoms with Crippen LogP contribution in [0.4, 0.5) is 13.6 Å². The number of amides is 3. The molecule has 2 atom stereocenters. The number of fused-ring (bicyclic) bond motifs is 2. The Labute approximate surface area is 148 Å². The van der Waals surface area contributed by atoms with Crippen LogP contribution in [0.5, 0.6) is 0 Å². The second-order valence-electron chi connectivity index (χ2n) is 6.63. The molecule has 26 heavy (non-hydrogen) atoms. The second kappa shape index (κ2) is 6.35. The Kier molecular flexibility index (Phi) is 4.14. The zero-order valence-corrected chi connectivity index (χ0v) is 14.3. The first-order chi connectivity index (χ1) is 12.5. The van der Waals surface area contributed by atoms with E-state index >= 15 is 0 Å². The molecule has 2 aromatic rings. The summed E-state index contributed by atoms with van der Waals surface area (Å²) < 4.78 is 32.9. The molecule has 2 fully saturated rings. The van der Waals surface area contributed by atoms with Gasteiger partial charge in [-0.2, -0.15) is 0 Å². The zero-order chi connectivity index (χ0) is 18.4. The van der Waals surface area contributed by atoms with E-state index in [1.807, 2.05) is 6.92 Å². The van der Waals surface area contributed by atoms with Crippen LogP contribution in [-0.2, 0) is 16.0 Å². The highest BCUT2D eigenvalue weighted by Gasteiger charge is 2.50. The number of imide groups is 1. The summed E-state index contributed by atoms with van der Waals surface area (Å²) in [6.07, 6.45) is 2.30. The molecule has 0 aliphatic carbocycles. The molecule has 1 aromatic heterocycles. The van der Waals surface area contributed by atoms with Gasteiger partial charge in [-0.1, -0.05) is 0 Å². The van der Waals surface area contributed by atoms with Crippen LogP contribution in [0.2, 0.25) is 0 Å². The lowest BCUT2D eigenvalue weighted by molar-refractivity contribution is -0.128. The van der Waals surface area contributed by atoms with Crippen LogP contribution >= 0.6 is 0 Å². The summed E-state index contributed by atoms with van der Waals surface area (Å²) in [6.45, 7) is 3.00. The van der Waals surface area contributed by atoms with E-state index in [4.69, 9.17) is 4.74 Å². The lowest BCUT2D eigenvalue weighted by Gasteiger charge is -2.17. The van der Waals surface area contributed by atoms with Gasteiger partial charge in [-0.15, -0.1) is 0 Å². The molecule has 4 rings (SSSR count). The van der Waals surface area contributed by atoms with Crippen LogP contribution in [0.3, 0.4) is 0 Å². The third-order valence-corrected chi connectivity index (χ3v) is 5.08. The van der Waals surface area contributed by atoms with Gasteiger partial charge in [0.05, 0.1) is 11.6 Å². The maximum Gasteiger partial charge on any atom is 0.327 e. The van der Waals surface area contributed by atoms with Gasteiger partial charge in [0, 0.05) is 43.8 Å². The number of rotatable bonds is 5. The van der Waals surface area contributed by atoms with Crippen molar-refractivity contribution in [2.45, 2.75) is 31.9 Å². The highest BCUT2D eigenvalue weighted by Crippen LogP contribution is 2.30. The molecule has 0 saturated carbocycles. The molecule has 0 spiro atoms. The summed E-state index contributed by atoms with van der Waals surface area (Å²) in [5, 5.41) is 0.294. The highest BCUT2D eigenvalue weighted by molar-refractivity contribution is 6.04. The molecule has 0 radical (unpaired) electrons. The van der Waals surface area contributed by atoms with Gasteiger partial charge in [-0.25, -0.2) is 13.6 Å². The predicted octanol–water partition coefficient (Wildman–Crippen LogP) is 2.43. The smallest absolute Gasteiger partial charge is 0.327 e. The Balaban J connectivity index is 1.48. The first kappa shape index (κ1) is 17.0. The Morgan fingerprint density at radius 2 is 2.12 bits per heavy atom. The summed E-state index contributed by atoms with van der Waals surface area (Å²) in [6, 6.07) is 1.26. The Bertz CT molecular complexity index is 858. The largest absolute Gasteiger partial charge is 0.377 e. The van der Waals surface area contributed by atoms with E-state index in [0.717, 1.165) is 6.07 Å². The van der Waals surface area contributed by atoms with E-state index in [-0.39, 0.29) is 24.6 Å². The van der Waals surface area contributed by atoms with Gasteiger partial charge in [-0.05, 0) is 25.0 Å². The number of hydrogen-bond acceptors (Lipinski definition) is 3. The number of nitrogens with zero attached hydrogens (tertiary/aromatic N) is 2. The number of urea groups is 1. The minimum absolute atomic E-state index is 0.0994. The van der Waals surface area contributed by atoms with E-state index < -0.39 is 17.7 Å². The van der Waals surface area contributed by atoms with Gasteiger partial charge in [0.25, 0.3) is 5.91 Å². The molecule has 6 nitrogen and oxygen atoms in total. The first-order valence-corrected chi connectivity index (χ1v) is 8.68. The summed E-state index contributed by atoms with van der Waals surface area (Å²) in [5.41, 5.74) is 0.967. The van der Waals surface area contributed by atoms with E-state index in [9.17, 15) is 18.4 Å². The fourth-order valence-electron chi connectivity index (χ4n) is 3.91. The third-order valence-electron chi connectivity index (χ3n) is 5.08. The summed E-state index contributed by atoms with van der Waals surface area (Å²) in [7, 11) is 0. The molecule has 1 N–H and O–H groups in total. The number of carbonyl (C=O) groups excluding carboxylic acids is 2. The lowest BCUT2D eigenvalue weighted by Crippen LogP contribution is -2.36. The van der Waals surface area contributed by atoms with Gasteiger partial charge in [0.1, 0.15) is 17.7 Å². The summed E-state index contributed by atoms with van der Waals surface area (Å²) in [5.74, 6) is -1.54. The van der Waals surface area contributed by atoms with E-state index in [2.05, 4.69) is 4.98 Å². The minimum Gasteiger partial charge on any atom is -0.377 e. The van der Waals surface area contributed by atoms with Crippen LogP contribution in [0, 0.1) is 11.6 Å². The van der Waals surface area contributed by atoms with Crippen molar-refractivity contribution in [3.05, 3.63) is 35.5 Å². The Morgan fingerprint density at radius 1 is 1.31 bits per heavy atom. The van der Waals surface area contributed by atoms with Crippen molar-refractivity contribution >= 4 is 22.8 Å². The Morgan fingerprint density at radius 3 is 2.85 bits per heavy atom. The molecule has 2 saturated heterocycles. The normalized spacial score (nSPS) is 22.7. The monoisotopic (exact) mass is 363 g/mol. The molecule has 2 aliphatic heterocycles. The van der Waals surface area contributed by atoms with E-state index in [0.29, 0.717) is 42.5 Å². The number of H-pyrrole nitrogens is 1. The zero-order valence-electron chi connectivity index (χ0n) is 14.3. The molecule has 0 bridgehead atoms. The molecule has 8 heteroatoms. The average Bonchev–Trinajstić information content (AvgIpc) is 3.24. The quantitative estimate of drug-likeness (QED) is 0.830. The van der Waals surface area contributed by atoms with Crippen LogP contribution in [0.1, 0.15) is 18.9 Å². The van der Waals surface area contributed by atoms with Gasteiger partial charge >= 0.3 is 6.03 Å². The van der Waals surface area contributed by atoms with E-state index in [1.165, 1.54) is 11.0 Å². The molecule has 3 heterocycles. The molecule has 138 valence electrons. The molecular weight excluding hydrogens is 344 g/mol. The van der Waals surface area contributed by atoms with Crippen LogP contribution in [-0.4, -0.2) is 58.6 Å². The standard InChI is InChI=1S/C18H19F2N3O3/c1-2-26-12-7-15-17(24)22(18(25)23(15)9-12)4-3-10-8-21-14-6-11(19)5-13(20)16(10)14/h5-6,8,12,15,21H,2-4,7,9H2,1H3/t12-,15+/m1/s1. The minimum atomic E-state index is -0.657. The van der Waals surface area contributed by atoms with Crippen molar-refractivity contribution in [3.63, 3.8) is 0 Å². The van der Waals surface area contributed by atoms with Gasteiger partial charge in [0.2, 0.25) is 0 Å².